The van der Waals surface area contributed by atoms with Gasteiger partial charge in [-0.15, -0.1) is 0 Å². The van der Waals surface area contributed by atoms with Crippen molar-refractivity contribution in [2.75, 3.05) is 0 Å². The van der Waals surface area contributed by atoms with Crippen molar-refractivity contribution in [2.45, 2.75) is 31.7 Å². The normalized spacial score (nSPS) is 18.8. The number of hydrogen-bond donors (Lipinski definition) is 2. The second kappa shape index (κ2) is 4.57. The molecule has 17 heavy (non-hydrogen) atoms. The van der Waals surface area contributed by atoms with Gasteiger partial charge in [0, 0.05) is 6.92 Å². The molecule has 0 saturated heterocycles. The van der Waals surface area contributed by atoms with E-state index in [2.05, 4.69) is 11.4 Å². The first-order valence-electron chi connectivity index (χ1n) is 5.65. The van der Waals surface area contributed by atoms with Crippen LogP contribution in [-0.4, -0.2) is 23.0 Å². The van der Waals surface area contributed by atoms with E-state index >= 15 is 0 Å². The van der Waals surface area contributed by atoms with Gasteiger partial charge < -0.3 is 10.4 Å². The topological polar surface area (TPSA) is 66.4 Å². The molecule has 2 rings (SSSR count). The molecule has 1 aromatic carbocycles. The van der Waals surface area contributed by atoms with Gasteiger partial charge in [-0.25, -0.2) is 4.79 Å². The van der Waals surface area contributed by atoms with Crippen molar-refractivity contribution in [1.29, 1.82) is 0 Å². The van der Waals surface area contributed by atoms with Crippen molar-refractivity contribution in [2.24, 2.45) is 0 Å². The predicted molar refractivity (Wildman–Crippen MR) is 62.7 cm³/mol. The molecule has 0 bridgehead atoms. The van der Waals surface area contributed by atoms with E-state index in [0.717, 1.165) is 6.42 Å². The van der Waals surface area contributed by atoms with Gasteiger partial charge in [-0.1, -0.05) is 24.3 Å². The molecule has 0 fully saturated rings. The number of amides is 1. The first-order valence-corrected chi connectivity index (χ1v) is 5.65. The molecule has 4 heteroatoms. The Labute approximate surface area is 99.6 Å². The highest BCUT2D eigenvalue weighted by molar-refractivity contribution is 5.82. The Kier molecular flexibility index (Phi) is 3.13. The number of carbonyl (C=O) groups excluding carboxylic acids is 1. The maximum atomic E-state index is 11.0. The van der Waals surface area contributed by atoms with Gasteiger partial charge in [-0.3, -0.25) is 4.79 Å². The van der Waals surface area contributed by atoms with Crippen LogP contribution in [0.4, 0.5) is 0 Å². The highest BCUT2D eigenvalue weighted by atomic mass is 16.4. The van der Waals surface area contributed by atoms with Crippen molar-refractivity contribution < 1.29 is 14.7 Å². The summed E-state index contributed by atoms with van der Waals surface area (Å²) in [6, 6.07) is 7.23. The van der Waals surface area contributed by atoms with Gasteiger partial charge in [0.2, 0.25) is 5.91 Å². The standard InChI is InChI=1S/C13H15NO3/c1-8(15)14-12(13(16)17)7-10-6-9-4-2-3-5-11(9)10/h2-5,10,12H,6-7H2,1H3,(H,14,15)(H,16,17). The average Bonchev–Trinajstić information content (AvgIpc) is 2.23. The molecule has 1 aliphatic rings. The smallest absolute Gasteiger partial charge is 0.326 e. The van der Waals surface area contributed by atoms with Crippen LogP contribution in [0.3, 0.4) is 0 Å². The van der Waals surface area contributed by atoms with Crippen molar-refractivity contribution >= 4 is 11.9 Å². The number of carboxylic acids is 1. The summed E-state index contributed by atoms with van der Waals surface area (Å²) in [5.41, 5.74) is 2.49. The highest BCUT2D eigenvalue weighted by Crippen LogP contribution is 2.37. The maximum absolute atomic E-state index is 11.0. The number of benzene rings is 1. The van der Waals surface area contributed by atoms with Crippen LogP contribution < -0.4 is 5.32 Å². The van der Waals surface area contributed by atoms with Crippen molar-refractivity contribution in [3.63, 3.8) is 0 Å². The molecule has 2 N–H and O–H groups in total. The fourth-order valence-corrected chi connectivity index (χ4v) is 2.32. The third kappa shape index (κ3) is 2.46. The molecule has 1 aliphatic carbocycles. The summed E-state index contributed by atoms with van der Waals surface area (Å²) in [6.45, 7) is 1.34. The zero-order valence-corrected chi connectivity index (χ0v) is 9.64. The lowest BCUT2D eigenvalue weighted by Gasteiger charge is -2.32. The number of carbonyl (C=O) groups is 2. The number of hydrogen-bond acceptors (Lipinski definition) is 2. The molecule has 0 spiro atoms. The predicted octanol–water partition coefficient (Wildman–Crippen LogP) is 1.31. The summed E-state index contributed by atoms with van der Waals surface area (Å²) in [6.07, 6.45) is 1.37. The Balaban J connectivity index is 2.02. The molecule has 1 amide bonds. The molecular formula is C13H15NO3. The Morgan fingerprint density at radius 3 is 2.76 bits per heavy atom. The van der Waals surface area contributed by atoms with E-state index < -0.39 is 12.0 Å². The zero-order valence-electron chi connectivity index (χ0n) is 9.64. The summed E-state index contributed by atoms with van der Waals surface area (Å²) in [5, 5.41) is 11.5. The Hall–Kier alpha value is -1.84. The van der Waals surface area contributed by atoms with Crippen LogP contribution in [0.25, 0.3) is 0 Å². The van der Waals surface area contributed by atoms with Crippen LogP contribution in [0.2, 0.25) is 0 Å². The minimum Gasteiger partial charge on any atom is -0.480 e. The quantitative estimate of drug-likeness (QED) is 0.823. The minimum atomic E-state index is -0.968. The third-order valence-electron chi connectivity index (χ3n) is 3.16. The Morgan fingerprint density at radius 1 is 1.47 bits per heavy atom. The molecule has 0 saturated carbocycles. The SMILES string of the molecule is CC(=O)NC(CC1Cc2ccccc21)C(=O)O. The van der Waals surface area contributed by atoms with Gasteiger partial charge >= 0.3 is 5.97 Å². The van der Waals surface area contributed by atoms with E-state index in [4.69, 9.17) is 5.11 Å². The lowest BCUT2D eigenvalue weighted by Crippen LogP contribution is -2.41. The van der Waals surface area contributed by atoms with Gasteiger partial charge in [0.05, 0.1) is 0 Å². The monoisotopic (exact) mass is 233 g/mol. The van der Waals surface area contributed by atoms with Gasteiger partial charge in [0.15, 0.2) is 0 Å². The Bertz CT molecular complexity index is 456. The largest absolute Gasteiger partial charge is 0.480 e. The molecular weight excluding hydrogens is 218 g/mol. The van der Waals surface area contributed by atoms with Crippen LogP contribution >= 0.6 is 0 Å². The molecule has 1 aromatic rings. The molecule has 0 aromatic heterocycles. The summed E-state index contributed by atoms with van der Waals surface area (Å²) in [5.74, 6) is -1.02. The fourth-order valence-electron chi connectivity index (χ4n) is 2.32. The van der Waals surface area contributed by atoms with Crippen LogP contribution in [0, 0.1) is 0 Å². The molecule has 2 atom stereocenters. The van der Waals surface area contributed by atoms with E-state index in [1.165, 1.54) is 18.1 Å². The second-order valence-electron chi connectivity index (χ2n) is 4.43. The molecule has 2 unspecified atom stereocenters. The number of nitrogens with one attached hydrogen (secondary N) is 1. The number of rotatable bonds is 4. The summed E-state index contributed by atoms with van der Waals surface area (Å²) < 4.78 is 0. The fraction of sp³-hybridized carbons (Fsp3) is 0.385. The van der Waals surface area contributed by atoms with Crippen LogP contribution in [0.1, 0.15) is 30.4 Å². The molecule has 0 radical (unpaired) electrons. The number of carboxylic acid groups (broad SMARTS) is 1. The number of aliphatic carboxylic acids is 1. The highest BCUT2D eigenvalue weighted by Gasteiger charge is 2.31. The van der Waals surface area contributed by atoms with E-state index in [-0.39, 0.29) is 11.8 Å². The lowest BCUT2D eigenvalue weighted by molar-refractivity contribution is -0.141. The van der Waals surface area contributed by atoms with Crippen LogP contribution in [-0.2, 0) is 16.0 Å². The molecule has 0 aliphatic heterocycles. The summed E-state index contributed by atoms with van der Waals surface area (Å²) >= 11 is 0. The van der Waals surface area contributed by atoms with Crippen molar-refractivity contribution in [3.8, 4) is 0 Å². The van der Waals surface area contributed by atoms with Gasteiger partial charge in [0.1, 0.15) is 6.04 Å². The summed E-state index contributed by atoms with van der Waals surface area (Å²) in [7, 11) is 0. The zero-order chi connectivity index (χ0) is 12.4. The summed E-state index contributed by atoms with van der Waals surface area (Å²) in [4.78, 5) is 21.9. The Morgan fingerprint density at radius 2 is 2.18 bits per heavy atom. The first kappa shape index (κ1) is 11.6. The molecule has 90 valence electrons. The first-order chi connectivity index (χ1) is 8.08. The molecule has 4 nitrogen and oxygen atoms in total. The van der Waals surface area contributed by atoms with E-state index in [0.29, 0.717) is 6.42 Å². The minimum absolute atomic E-state index is 0.249. The van der Waals surface area contributed by atoms with Crippen LogP contribution in [0.5, 0.6) is 0 Å². The van der Waals surface area contributed by atoms with E-state index in [1.54, 1.807) is 0 Å². The van der Waals surface area contributed by atoms with Gasteiger partial charge in [-0.2, -0.15) is 0 Å². The maximum Gasteiger partial charge on any atom is 0.326 e. The van der Waals surface area contributed by atoms with Gasteiger partial charge in [0.25, 0.3) is 0 Å². The van der Waals surface area contributed by atoms with E-state index in [9.17, 15) is 9.59 Å². The molecule has 0 heterocycles. The second-order valence-corrected chi connectivity index (χ2v) is 4.43. The third-order valence-corrected chi connectivity index (χ3v) is 3.16. The van der Waals surface area contributed by atoms with Crippen molar-refractivity contribution in [1.82, 2.24) is 5.32 Å². The van der Waals surface area contributed by atoms with Crippen molar-refractivity contribution in [3.05, 3.63) is 35.4 Å². The number of fused-ring (bicyclic) bond motifs is 1. The van der Waals surface area contributed by atoms with Gasteiger partial charge in [-0.05, 0) is 29.9 Å². The van der Waals surface area contributed by atoms with E-state index in [1.807, 2.05) is 18.2 Å². The van der Waals surface area contributed by atoms with Crippen LogP contribution in [0.15, 0.2) is 24.3 Å². The lowest BCUT2D eigenvalue weighted by atomic mass is 9.74. The average molecular weight is 233 g/mol.